The van der Waals surface area contributed by atoms with Crippen LogP contribution in [-0.4, -0.2) is 10.4 Å². The first-order chi connectivity index (χ1) is 5.24. The summed E-state index contributed by atoms with van der Waals surface area (Å²) in [5.41, 5.74) is 1.25. The summed E-state index contributed by atoms with van der Waals surface area (Å²) in [6.07, 6.45) is 0. The molecule has 0 aliphatic heterocycles. The molecular formula is C9H11BrO. The van der Waals surface area contributed by atoms with Crippen molar-refractivity contribution in [2.45, 2.75) is 12.8 Å². The fourth-order valence-electron chi connectivity index (χ4n) is 0.892. The van der Waals surface area contributed by atoms with Crippen LogP contribution in [0.4, 0.5) is 0 Å². The van der Waals surface area contributed by atoms with Gasteiger partial charge < -0.3 is 5.11 Å². The van der Waals surface area contributed by atoms with Crippen LogP contribution in [0.5, 0.6) is 5.75 Å². The minimum absolute atomic E-state index is 0.329. The molecule has 1 nitrogen and oxygen atoms in total. The Morgan fingerprint density at radius 1 is 1.36 bits per heavy atom. The van der Waals surface area contributed by atoms with Crippen molar-refractivity contribution in [3.63, 3.8) is 0 Å². The molecule has 0 heterocycles. The third-order valence-electron chi connectivity index (χ3n) is 1.69. The molecule has 11 heavy (non-hydrogen) atoms. The van der Waals surface area contributed by atoms with E-state index in [0.29, 0.717) is 11.7 Å². The van der Waals surface area contributed by atoms with E-state index in [-0.39, 0.29) is 0 Å². The van der Waals surface area contributed by atoms with E-state index in [1.165, 1.54) is 5.56 Å². The lowest BCUT2D eigenvalue weighted by atomic mass is 10.0. The lowest BCUT2D eigenvalue weighted by Gasteiger charge is -2.06. The van der Waals surface area contributed by atoms with E-state index in [9.17, 15) is 0 Å². The van der Waals surface area contributed by atoms with Crippen molar-refractivity contribution in [2.24, 2.45) is 0 Å². The normalized spacial score (nSPS) is 12.9. The average molecular weight is 215 g/mol. The smallest absolute Gasteiger partial charge is 0.115 e. The second kappa shape index (κ2) is 3.77. The van der Waals surface area contributed by atoms with Gasteiger partial charge in [-0.3, -0.25) is 0 Å². The summed E-state index contributed by atoms with van der Waals surface area (Å²) in [5, 5.41) is 9.96. The van der Waals surface area contributed by atoms with Crippen LogP contribution in [0.3, 0.4) is 0 Å². The summed E-state index contributed by atoms with van der Waals surface area (Å²) in [5.74, 6) is 0.839. The van der Waals surface area contributed by atoms with Gasteiger partial charge in [0.1, 0.15) is 5.75 Å². The predicted molar refractivity (Wildman–Crippen MR) is 50.3 cm³/mol. The molecule has 0 radical (unpaired) electrons. The summed E-state index contributed by atoms with van der Waals surface area (Å²) >= 11 is 3.41. The van der Waals surface area contributed by atoms with Gasteiger partial charge in [0.15, 0.2) is 0 Å². The van der Waals surface area contributed by atoms with Crippen LogP contribution >= 0.6 is 15.9 Å². The molecule has 0 aliphatic rings. The van der Waals surface area contributed by atoms with Crippen LogP contribution in [0.25, 0.3) is 0 Å². The molecule has 1 aromatic carbocycles. The van der Waals surface area contributed by atoms with Crippen LogP contribution in [-0.2, 0) is 0 Å². The first kappa shape index (κ1) is 8.60. The summed E-state index contributed by atoms with van der Waals surface area (Å²) in [7, 11) is 0. The average Bonchev–Trinajstić information content (AvgIpc) is 2.05. The van der Waals surface area contributed by atoms with E-state index in [1.54, 1.807) is 12.1 Å². The van der Waals surface area contributed by atoms with Crippen molar-refractivity contribution in [1.82, 2.24) is 0 Å². The Labute approximate surface area is 75.2 Å². The van der Waals surface area contributed by atoms with E-state index in [2.05, 4.69) is 22.9 Å². The molecule has 0 spiro atoms. The Hall–Kier alpha value is -0.500. The summed E-state index contributed by atoms with van der Waals surface area (Å²) < 4.78 is 0. The molecule has 2 heteroatoms. The first-order valence-corrected chi connectivity index (χ1v) is 4.71. The van der Waals surface area contributed by atoms with Gasteiger partial charge in [0, 0.05) is 5.33 Å². The highest BCUT2D eigenvalue weighted by molar-refractivity contribution is 9.09. The third-order valence-corrected chi connectivity index (χ3v) is 2.66. The second-order valence-corrected chi connectivity index (χ2v) is 3.29. The van der Waals surface area contributed by atoms with Crippen LogP contribution in [0, 0.1) is 0 Å². The number of alkyl halides is 1. The molecule has 1 N–H and O–H groups in total. The number of aromatic hydroxyl groups is 1. The van der Waals surface area contributed by atoms with Gasteiger partial charge in [-0.1, -0.05) is 35.0 Å². The minimum atomic E-state index is 0.329. The number of hydrogen-bond acceptors (Lipinski definition) is 1. The Morgan fingerprint density at radius 3 is 2.36 bits per heavy atom. The SMILES string of the molecule is CC(CBr)c1ccc(O)cc1. The predicted octanol–water partition coefficient (Wildman–Crippen LogP) is 2.89. The highest BCUT2D eigenvalue weighted by atomic mass is 79.9. The van der Waals surface area contributed by atoms with E-state index < -0.39 is 0 Å². The molecular weight excluding hydrogens is 204 g/mol. The number of hydrogen-bond donors (Lipinski definition) is 1. The maximum atomic E-state index is 9.00. The summed E-state index contributed by atoms with van der Waals surface area (Å²) in [6, 6.07) is 7.32. The number of halogens is 1. The van der Waals surface area contributed by atoms with Gasteiger partial charge in [0.05, 0.1) is 0 Å². The van der Waals surface area contributed by atoms with Crippen LogP contribution in [0.15, 0.2) is 24.3 Å². The lowest BCUT2D eigenvalue weighted by Crippen LogP contribution is -1.92. The molecule has 60 valence electrons. The zero-order valence-corrected chi connectivity index (χ0v) is 8.01. The molecule has 1 rings (SSSR count). The zero-order valence-electron chi connectivity index (χ0n) is 6.42. The monoisotopic (exact) mass is 214 g/mol. The van der Waals surface area contributed by atoms with Gasteiger partial charge in [-0.25, -0.2) is 0 Å². The van der Waals surface area contributed by atoms with Crippen molar-refractivity contribution in [3.8, 4) is 5.75 Å². The maximum absolute atomic E-state index is 9.00. The molecule has 0 saturated heterocycles. The molecule has 0 aromatic heterocycles. The van der Waals surface area contributed by atoms with Crippen LogP contribution in [0.1, 0.15) is 18.4 Å². The lowest BCUT2D eigenvalue weighted by molar-refractivity contribution is 0.475. The highest BCUT2D eigenvalue weighted by Gasteiger charge is 2.01. The topological polar surface area (TPSA) is 20.2 Å². The van der Waals surface area contributed by atoms with E-state index in [1.807, 2.05) is 12.1 Å². The molecule has 1 atom stereocenters. The largest absolute Gasteiger partial charge is 0.508 e. The van der Waals surface area contributed by atoms with Gasteiger partial charge in [0.2, 0.25) is 0 Å². The van der Waals surface area contributed by atoms with Crippen molar-refractivity contribution in [1.29, 1.82) is 0 Å². The van der Waals surface area contributed by atoms with Gasteiger partial charge in [-0.15, -0.1) is 0 Å². The van der Waals surface area contributed by atoms with E-state index in [4.69, 9.17) is 5.11 Å². The molecule has 0 saturated carbocycles. The number of rotatable bonds is 2. The zero-order chi connectivity index (χ0) is 8.27. The Morgan fingerprint density at radius 2 is 1.91 bits per heavy atom. The minimum Gasteiger partial charge on any atom is -0.508 e. The van der Waals surface area contributed by atoms with Crippen molar-refractivity contribution >= 4 is 15.9 Å². The molecule has 0 bridgehead atoms. The highest BCUT2D eigenvalue weighted by Crippen LogP contribution is 2.19. The quantitative estimate of drug-likeness (QED) is 0.752. The summed E-state index contributed by atoms with van der Waals surface area (Å²) in [4.78, 5) is 0. The molecule has 1 aromatic rings. The maximum Gasteiger partial charge on any atom is 0.115 e. The molecule has 0 aliphatic carbocycles. The second-order valence-electron chi connectivity index (χ2n) is 2.65. The number of phenolic OH excluding ortho intramolecular Hbond substituents is 1. The van der Waals surface area contributed by atoms with Gasteiger partial charge in [-0.2, -0.15) is 0 Å². The van der Waals surface area contributed by atoms with Crippen molar-refractivity contribution in [3.05, 3.63) is 29.8 Å². The van der Waals surface area contributed by atoms with E-state index in [0.717, 1.165) is 5.33 Å². The fraction of sp³-hybridized carbons (Fsp3) is 0.333. The molecule has 0 fully saturated rings. The number of benzene rings is 1. The Balaban J connectivity index is 2.81. The van der Waals surface area contributed by atoms with Gasteiger partial charge in [-0.05, 0) is 23.6 Å². The van der Waals surface area contributed by atoms with Crippen LogP contribution in [0.2, 0.25) is 0 Å². The van der Waals surface area contributed by atoms with Crippen LogP contribution < -0.4 is 0 Å². The standard InChI is InChI=1S/C9H11BrO/c1-7(6-10)8-2-4-9(11)5-3-8/h2-5,7,11H,6H2,1H3. The molecule has 0 amide bonds. The Kier molecular flexibility index (Phi) is 2.94. The van der Waals surface area contributed by atoms with Gasteiger partial charge in [0.25, 0.3) is 0 Å². The Bertz CT molecular complexity index is 218. The van der Waals surface area contributed by atoms with Crippen molar-refractivity contribution in [2.75, 3.05) is 5.33 Å². The molecule has 1 unspecified atom stereocenters. The third kappa shape index (κ3) is 2.22. The number of phenols is 1. The summed E-state index contributed by atoms with van der Waals surface area (Å²) in [6.45, 7) is 2.14. The van der Waals surface area contributed by atoms with Crippen molar-refractivity contribution < 1.29 is 5.11 Å². The first-order valence-electron chi connectivity index (χ1n) is 3.59. The fourth-order valence-corrected chi connectivity index (χ4v) is 1.27. The van der Waals surface area contributed by atoms with Gasteiger partial charge >= 0.3 is 0 Å². The van der Waals surface area contributed by atoms with E-state index >= 15 is 0 Å².